The van der Waals surface area contributed by atoms with Crippen LogP contribution in [0, 0.1) is 4.77 Å². The van der Waals surface area contributed by atoms with Crippen molar-refractivity contribution in [3.8, 4) is 16.5 Å². The average Bonchev–Trinajstić information content (AvgIpc) is 3.57. The van der Waals surface area contributed by atoms with Crippen molar-refractivity contribution in [3.05, 3.63) is 52.2 Å². The Morgan fingerprint density at radius 2 is 2.12 bits per heavy atom. The molecule has 0 saturated carbocycles. The highest BCUT2D eigenvalue weighted by Gasteiger charge is 2.30. The number of carbonyl (C=O) groups excluding carboxylic acids is 1. The Bertz CT molecular complexity index is 1300. The number of hydrogen-bond acceptors (Lipinski definition) is 5. The zero-order chi connectivity index (χ0) is 22.2. The molecule has 2 N–H and O–H groups in total. The second-order valence-corrected chi connectivity index (χ2v) is 9.47. The molecule has 0 bridgehead atoms. The Balaban J connectivity index is 1.32. The fourth-order valence-electron chi connectivity index (χ4n) is 4.62. The number of carbonyl (C=O) groups is 1. The molecule has 0 aliphatic carbocycles. The molecule has 1 aromatic carbocycles. The summed E-state index contributed by atoms with van der Waals surface area (Å²) in [7, 11) is 1.69. The van der Waals surface area contributed by atoms with Gasteiger partial charge in [0, 0.05) is 30.2 Å². The number of likely N-dealkylation sites (tertiary alicyclic amines) is 1. The molecule has 0 spiro atoms. The van der Waals surface area contributed by atoms with Crippen LogP contribution in [0.2, 0.25) is 0 Å². The van der Waals surface area contributed by atoms with Gasteiger partial charge in [0.05, 0.1) is 12.0 Å². The zero-order valence-corrected chi connectivity index (χ0v) is 19.6. The van der Waals surface area contributed by atoms with Crippen molar-refractivity contribution >= 4 is 40.4 Å². The number of aromatic amines is 2. The second-order valence-electron chi connectivity index (χ2n) is 8.13. The van der Waals surface area contributed by atoms with Crippen molar-refractivity contribution < 1.29 is 9.53 Å². The van der Waals surface area contributed by atoms with E-state index in [0.29, 0.717) is 16.5 Å². The van der Waals surface area contributed by atoms with Gasteiger partial charge in [0.1, 0.15) is 11.8 Å². The fraction of sp³-hybridized carbons (Fsp3) is 0.348. The molecule has 4 aromatic rings. The Morgan fingerprint density at radius 1 is 1.31 bits per heavy atom. The molecular weight excluding hydrogens is 442 g/mol. The largest absolute Gasteiger partial charge is 0.497 e. The maximum atomic E-state index is 13.4. The van der Waals surface area contributed by atoms with Gasteiger partial charge in [0.2, 0.25) is 5.91 Å². The number of rotatable bonds is 5. The van der Waals surface area contributed by atoms with Crippen molar-refractivity contribution in [1.82, 2.24) is 24.6 Å². The monoisotopic (exact) mass is 467 g/mol. The van der Waals surface area contributed by atoms with Crippen molar-refractivity contribution in [2.75, 3.05) is 20.2 Å². The number of piperidine rings is 1. The lowest BCUT2D eigenvalue weighted by Gasteiger charge is -2.34. The summed E-state index contributed by atoms with van der Waals surface area (Å²) in [6.45, 7) is 3.36. The zero-order valence-electron chi connectivity index (χ0n) is 18.0. The summed E-state index contributed by atoms with van der Waals surface area (Å²) < 4.78 is 7.71. The molecule has 1 fully saturated rings. The molecule has 3 aromatic heterocycles. The molecular formula is C23H25N5O2S2. The van der Waals surface area contributed by atoms with Crippen molar-refractivity contribution in [3.63, 3.8) is 0 Å². The highest BCUT2D eigenvalue weighted by Crippen LogP contribution is 2.35. The summed E-state index contributed by atoms with van der Waals surface area (Å²) in [6, 6.07) is 9.67. The maximum absolute atomic E-state index is 13.4. The standard InChI is InChI=1S/C23H25N5O2S2/c1-14(28-21(25-26-23(28)31)20-4-3-11-32-20)22(29)27-9-7-15(8-10-27)18-13-24-19-6-5-16(30-2)12-17(18)19/h3-6,11-15,24H,7-10H2,1-2H3,(H,26,31). The van der Waals surface area contributed by atoms with Gasteiger partial charge in [-0.25, -0.2) is 0 Å². The summed E-state index contributed by atoms with van der Waals surface area (Å²) in [4.78, 5) is 19.7. The molecule has 1 aliphatic heterocycles. The number of H-pyrrole nitrogens is 2. The number of nitrogens with one attached hydrogen (secondary N) is 2. The molecule has 1 amide bonds. The van der Waals surface area contributed by atoms with Crippen LogP contribution in [-0.2, 0) is 4.79 Å². The van der Waals surface area contributed by atoms with Gasteiger partial charge in [-0.15, -0.1) is 11.3 Å². The lowest BCUT2D eigenvalue weighted by molar-refractivity contribution is -0.135. The average molecular weight is 468 g/mol. The molecule has 1 atom stereocenters. The van der Waals surface area contributed by atoms with E-state index >= 15 is 0 Å². The minimum Gasteiger partial charge on any atom is -0.497 e. The van der Waals surface area contributed by atoms with E-state index in [2.05, 4.69) is 33.5 Å². The number of fused-ring (bicyclic) bond motifs is 1. The number of amides is 1. The van der Waals surface area contributed by atoms with Gasteiger partial charge in [-0.05, 0) is 73.1 Å². The number of methoxy groups -OCH3 is 1. The minimum atomic E-state index is -0.410. The van der Waals surface area contributed by atoms with Gasteiger partial charge in [0.15, 0.2) is 10.6 Å². The predicted molar refractivity (Wildman–Crippen MR) is 129 cm³/mol. The highest BCUT2D eigenvalue weighted by atomic mass is 32.1. The number of hydrogen-bond donors (Lipinski definition) is 2. The van der Waals surface area contributed by atoms with E-state index in [1.54, 1.807) is 18.4 Å². The van der Waals surface area contributed by atoms with Crippen LogP contribution in [0.5, 0.6) is 5.75 Å². The van der Waals surface area contributed by atoms with Crippen LogP contribution in [0.15, 0.2) is 41.9 Å². The highest BCUT2D eigenvalue weighted by molar-refractivity contribution is 7.71. The molecule has 9 heteroatoms. The predicted octanol–water partition coefficient (Wildman–Crippen LogP) is 5.13. The van der Waals surface area contributed by atoms with Gasteiger partial charge < -0.3 is 14.6 Å². The van der Waals surface area contributed by atoms with E-state index in [0.717, 1.165) is 42.1 Å². The first-order valence-corrected chi connectivity index (χ1v) is 12.0. The number of aromatic nitrogens is 4. The number of benzene rings is 1. The van der Waals surface area contributed by atoms with Crippen LogP contribution < -0.4 is 4.74 Å². The lowest BCUT2D eigenvalue weighted by Crippen LogP contribution is -2.41. The normalized spacial score (nSPS) is 15.9. The smallest absolute Gasteiger partial charge is 0.245 e. The van der Waals surface area contributed by atoms with E-state index < -0.39 is 6.04 Å². The van der Waals surface area contributed by atoms with E-state index in [9.17, 15) is 4.79 Å². The van der Waals surface area contributed by atoms with Crippen LogP contribution in [0.1, 0.15) is 37.3 Å². The molecule has 1 aliphatic rings. The molecule has 32 heavy (non-hydrogen) atoms. The minimum absolute atomic E-state index is 0.0827. The van der Waals surface area contributed by atoms with Crippen molar-refractivity contribution in [1.29, 1.82) is 0 Å². The third kappa shape index (κ3) is 3.65. The van der Waals surface area contributed by atoms with Crippen molar-refractivity contribution in [2.45, 2.75) is 31.7 Å². The molecule has 1 saturated heterocycles. The van der Waals surface area contributed by atoms with E-state index in [4.69, 9.17) is 17.0 Å². The van der Waals surface area contributed by atoms with E-state index in [1.807, 2.05) is 40.0 Å². The third-order valence-electron chi connectivity index (χ3n) is 6.36. The molecule has 166 valence electrons. The Labute approximate surface area is 195 Å². The van der Waals surface area contributed by atoms with Gasteiger partial charge in [-0.3, -0.25) is 14.5 Å². The van der Waals surface area contributed by atoms with Gasteiger partial charge in [-0.2, -0.15) is 5.10 Å². The molecule has 7 nitrogen and oxygen atoms in total. The first-order valence-electron chi connectivity index (χ1n) is 10.7. The summed E-state index contributed by atoms with van der Waals surface area (Å²) in [5, 5.41) is 10.4. The van der Waals surface area contributed by atoms with Crippen LogP contribution in [-0.4, -0.2) is 50.8 Å². The first-order chi connectivity index (χ1) is 15.6. The topological polar surface area (TPSA) is 78.9 Å². The van der Waals surface area contributed by atoms with Crippen LogP contribution in [0.4, 0.5) is 0 Å². The van der Waals surface area contributed by atoms with Crippen molar-refractivity contribution in [2.24, 2.45) is 0 Å². The SMILES string of the molecule is COc1ccc2[nH]cc(C3CCN(C(=O)C(C)n4c(-c5cccs5)n[nH]c4=S)CC3)c2c1. The lowest BCUT2D eigenvalue weighted by atomic mass is 9.89. The molecule has 0 radical (unpaired) electrons. The van der Waals surface area contributed by atoms with Gasteiger partial charge in [0.25, 0.3) is 0 Å². The Hall–Kier alpha value is -2.91. The quantitative estimate of drug-likeness (QED) is 0.399. The summed E-state index contributed by atoms with van der Waals surface area (Å²) in [5.74, 6) is 2.07. The molecule has 1 unspecified atom stereocenters. The molecule has 5 rings (SSSR count). The van der Waals surface area contributed by atoms with E-state index in [1.165, 1.54) is 10.9 Å². The Kier molecular flexibility index (Phi) is 5.60. The van der Waals surface area contributed by atoms with Crippen LogP contribution in [0.3, 0.4) is 0 Å². The second kappa shape index (κ2) is 8.55. The summed E-state index contributed by atoms with van der Waals surface area (Å²) in [6.07, 6.45) is 3.96. The van der Waals surface area contributed by atoms with Crippen LogP contribution >= 0.6 is 23.6 Å². The summed E-state index contributed by atoms with van der Waals surface area (Å²) >= 11 is 7.03. The number of thiophene rings is 1. The number of nitrogens with zero attached hydrogens (tertiary/aromatic N) is 3. The van der Waals surface area contributed by atoms with Crippen LogP contribution in [0.25, 0.3) is 21.6 Å². The number of ether oxygens (including phenoxy) is 1. The Morgan fingerprint density at radius 3 is 2.84 bits per heavy atom. The fourth-order valence-corrected chi connectivity index (χ4v) is 5.62. The summed E-state index contributed by atoms with van der Waals surface area (Å²) in [5.41, 5.74) is 2.42. The third-order valence-corrected chi connectivity index (χ3v) is 7.51. The molecule has 4 heterocycles. The van der Waals surface area contributed by atoms with E-state index in [-0.39, 0.29) is 5.91 Å². The van der Waals surface area contributed by atoms with Gasteiger partial charge in [-0.1, -0.05) is 6.07 Å². The van der Waals surface area contributed by atoms with Gasteiger partial charge >= 0.3 is 0 Å². The maximum Gasteiger partial charge on any atom is 0.245 e. The first kappa shape index (κ1) is 21.0.